The summed E-state index contributed by atoms with van der Waals surface area (Å²) < 4.78 is 7.23. The quantitative estimate of drug-likeness (QED) is 0.622. The first-order chi connectivity index (χ1) is 7.61. The summed E-state index contributed by atoms with van der Waals surface area (Å²) >= 11 is 0. The number of fused-ring (bicyclic) bond motifs is 10. The molecule has 0 aromatic carbocycles. The molecule has 4 unspecified atom stereocenters. The van der Waals surface area contributed by atoms with Crippen LogP contribution in [0.2, 0.25) is 43.3 Å². The molecular formula is C13H16FeO2. The Labute approximate surface area is 84.0 Å². The third kappa shape index (κ3) is 0.0542. The first-order valence-electron chi connectivity index (χ1n) is 7.07. The Morgan fingerprint density at radius 3 is 1.81 bits per heavy atom. The van der Waals surface area contributed by atoms with Crippen LogP contribution in [0.15, 0.2) is 0 Å². The van der Waals surface area contributed by atoms with E-state index < -0.39 is 6.51 Å². The number of hydrogen-bond donors (Lipinski definition) is 1. The maximum atomic E-state index is 8.96. The molecule has 2 nitrogen and oxygen atoms in total. The Hall–Kier alpha value is 0.439. The average molecular weight is 260 g/mol. The van der Waals surface area contributed by atoms with Crippen LogP contribution in [0.1, 0.15) is 6.42 Å². The van der Waals surface area contributed by atoms with Gasteiger partial charge in [-0.2, -0.15) is 0 Å². The first kappa shape index (κ1) is 6.06. The van der Waals surface area contributed by atoms with E-state index in [1.54, 1.807) is 0 Å². The summed E-state index contributed by atoms with van der Waals surface area (Å²) in [5, 5.41) is 8.96. The van der Waals surface area contributed by atoms with E-state index in [2.05, 4.69) is 0 Å². The van der Waals surface area contributed by atoms with Crippen LogP contribution in [0.4, 0.5) is 0 Å². The van der Waals surface area contributed by atoms with E-state index in [-0.39, 0.29) is 0 Å². The number of hydrogen-bond acceptors (Lipinski definition) is 2. The van der Waals surface area contributed by atoms with E-state index in [1.165, 1.54) is 43.3 Å². The van der Waals surface area contributed by atoms with Gasteiger partial charge in [0.15, 0.2) is 0 Å². The third-order valence-corrected chi connectivity index (χ3v) is 57.1. The van der Waals surface area contributed by atoms with Crippen molar-refractivity contribution in [2.45, 2.75) is 54.3 Å². The molecule has 10 heterocycles. The molecule has 0 saturated carbocycles. The van der Waals surface area contributed by atoms with Gasteiger partial charge >= 0.3 is 83.8 Å². The molecule has 10 aliphatic rings. The van der Waals surface area contributed by atoms with Crippen molar-refractivity contribution in [3.63, 3.8) is 0 Å². The van der Waals surface area contributed by atoms with Crippen LogP contribution in [0, 0.1) is 0 Å². The van der Waals surface area contributed by atoms with Gasteiger partial charge in [-0.15, -0.1) is 0 Å². The predicted molar refractivity (Wildman–Crippen MR) is 54.1 cm³/mol. The van der Waals surface area contributed by atoms with Crippen molar-refractivity contribution in [2.75, 3.05) is 13.2 Å². The van der Waals surface area contributed by atoms with Crippen molar-refractivity contribution in [1.82, 2.24) is 0 Å². The molecule has 0 bridgehead atoms. The standard InChI is InChI=1S/C8H11O2.C5H5.Fe/c9-6-3-7-10-8-4-1-2-5-8;1-2-4-5-3-1;/h1-2,4-5,9H,3,6-7H2;1-5H;. The monoisotopic (exact) mass is 260 g/mol. The van der Waals surface area contributed by atoms with Gasteiger partial charge < -0.3 is 0 Å². The summed E-state index contributed by atoms with van der Waals surface area (Å²) in [7, 11) is 0. The molecule has 0 aliphatic carbocycles. The summed E-state index contributed by atoms with van der Waals surface area (Å²) in [4.78, 5) is 12.2. The van der Waals surface area contributed by atoms with Gasteiger partial charge in [0, 0.05) is 0 Å². The van der Waals surface area contributed by atoms with Crippen molar-refractivity contribution in [3.05, 3.63) is 0 Å². The van der Waals surface area contributed by atoms with E-state index in [4.69, 9.17) is 9.84 Å². The van der Waals surface area contributed by atoms with E-state index in [9.17, 15) is 0 Å². The van der Waals surface area contributed by atoms with Crippen LogP contribution in [-0.2, 0) is 11.2 Å². The fourth-order valence-electron chi connectivity index (χ4n) is 16.6. The average Bonchev–Trinajstić information content (AvgIpc) is 3.24. The Morgan fingerprint density at radius 1 is 0.938 bits per heavy atom. The normalized spacial score (nSPS) is 126. The molecule has 1 spiro atoms. The van der Waals surface area contributed by atoms with Crippen LogP contribution in [0.25, 0.3) is 0 Å². The molecular weight excluding hydrogens is 244 g/mol. The van der Waals surface area contributed by atoms with Crippen LogP contribution in [0.5, 0.6) is 0 Å². The number of ether oxygens (including phenoxy) is 1. The molecule has 0 aromatic heterocycles. The molecule has 10 aliphatic heterocycles. The van der Waals surface area contributed by atoms with Gasteiger partial charge in [0.25, 0.3) is 0 Å². The SMILES string of the molecule is OCCCO[C]12[CH]3[CH]4[CH]5[CH]1[Fe]45321678[CH]2[CH]1[CH]6[CH]7[CH]28. The van der Waals surface area contributed by atoms with E-state index >= 15 is 0 Å². The van der Waals surface area contributed by atoms with Crippen LogP contribution < -0.4 is 0 Å². The van der Waals surface area contributed by atoms with Crippen molar-refractivity contribution >= 4 is 0 Å². The van der Waals surface area contributed by atoms with Crippen LogP contribution >= 0.6 is 0 Å². The Kier molecular flexibility index (Phi) is 0.179. The maximum absolute atomic E-state index is 8.96. The van der Waals surface area contributed by atoms with E-state index in [0.29, 0.717) is 11.1 Å². The predicted octanol–water partition coefficient (Wildman–Crippen LogP) is 2.68. The second-order valence-electron chi connectivity index (χ2n) is 10.5. The Bertz CT molecular complexity index is 821. The Morgan fingerprint density at radius 2 is 1.50 bits per heavy atom. The minimum absolute atomic E-state index is 0.326. The second kappa shape index (κ2) is 0.474. The number of aliphatic hydroxyl groups excluding tert-OH is 1. The van der Waals surface area contributed by atoms with Gasteiger partial charge in [0.05, 0.1) is 0 Å². The summed E-state index contributed by atoms with van der Waals surface area (Å²) in [6.45, 7) is -1.68. The van der Waals surface area contributed by atoms with Crippen molar-refractivity contribution in [1.29, 1.82) is 0 Å². The summed E-state index contributed by atoms with van der Waals surface area (Å²) in [6.07, 6.45) is 0.887. The summed E-state index contributed by atoms with van der Waals surface area (Å²) in [6, 6.07) is 0. The summed E-state index contributed by atoms with van der Waals surface area (Å²) in [5.74, 6) is 0. The Balaban J connectivity index is 1.46. The zero-order chi connectivity index (χ0) is 9.84. The second-order valence-corrected chi connectivity index (χ2v) is 34.0. The van der Waals surface area contributed by atoms with Gasteiger partial charge in [0.2, 0.25) is 0 Å². The molecule has 10 rings (SSSR count). The molecule has 10 fully saturated rings. The van der Waals surface area contributed by atoms with Gasteiger partial charge in [-0.3, -0.25) is 0 Å². The topological polar surface area (TPSA) is 29.5 Å². The van der Waals surface area contributed by atoms with Gasteiger partial charge in [-0.25, -0.2) is 0 Å². The van der Waals surface area contributed by atoms with Crippen LogP contribution in [-0.4, -0.2) is 22.8 Å². The van der Waals surface area contributed by atoms with Crippen molar-refractivity contribution < 1.29 is 16.4 Å². The van der Waals surface area contributed by atoms with E-state index in [1.807, 2.05) is 0 Å². The third-order valence-electron chi connectivity index (χ3n) is 15.2. The fourth-order valence-corrected chi connectivity index (χ4v) is 89.2. The number of aliphatic hydroxyl groups is 1. The van der Waals surface area contributed by atoms with Crippen LogP contribution in [0.3, 0.4) is 0 Å². The molecule has 4 atom stereocenters. The van der Waals surface area contributed by atoms with Gasteiger partial charge in [-0.1, -0.05) is 0 Å². The minimum atomic E-state index is -2.89. The van der Waals surface area contributed by atoms with Gasteiger partial charge in [-0.05, 0) is 0 Å². The zero-order valence-corrected chi connectivity index (χ0v) is 10.1. The fraction of sp³-hybridized carbons (Fsp3) is 1.00. The molecule has 0 aromatic rings. The zero-order valence-electron chi connectivity index (χ0n) is 9.03. The van der Waals surface area contributed by atoms with E-state index in [0.717, 1.165) is 13.0 Å². The molecule has 88 valence electrons. The number of rotatable bonds is 4. The molecule has 0 radical (unpaired) electrons. The van der Waals surface area contributed by atoms with Gasteiger partial charge in [0.1, 0.15) is 0 Å². The van der Waals surface area contributed by atoms with Crippen molar-refractivity contribution in [3.8, 4) is 0 Å². The molecule has 3 heteroatoms. The molecule has 16 heavy (non-hydrogen) atoms. The molecule has 0 amide bonds. The molecule has 10 saturated heterocycles. The summed E-state index contributed by atoms with van der Waals surface area (Å²) in [5.41, 5.74) is 0. The van der Waals surface area contributed by atoms with Crippen molar-refractivity contribution in [2.24, 2.45) is 0 Å². The molecule has 1 N–H and O–H groups in total. The first-order valence-corrected chi connectivity index (χ1v) is 13.4.